The Morgan fingerprint density at radius 1 is 1.45 bits per heavy atom. The van der Waals surface area contributed by atoms with Crippen LogP contribution in [0.2, 0.25) is 5.02 Å². The molecule has 1 aromatic carbocycles. The molecule has 2 heterocycles. The van der Waals surface area contributed by atoms with Gasteiger partial charge in [-0.25, -0.2) is 0 Å². The second-order valence-electron chi connectivity index (χ2n) is 4.91. The summed E-state index contributed by atoms with van der Waals surface area (Å²) in [6.07, 6.45) is 2.77. The molecular weight excluding hydrogens is 274 g/mol. The zero-order valence-electron chi connectivity index (χ0n) is 11.5. The number of hydrogen-bond donors (Lipinski definition) is 1. The van der Waals surface area contributed by atoms with Crippen LogP contribution < -0.4 is 10.1 Å². The molecule has 0 saturated carbocycles. The van der Waals surface area contributed by atoms with Gasteiger partial charge in [0.1, 0.15) is 5.75 Å². The summed E-state index contributed by atoms with van der Waals surface area (Å²) in [7, 11) is 0. The van der Waals surface area contributed by atoms with E-state index in [2.05, 4.69) is 17.3 Å². The van der Waals surface area contributed by atoms with E-state index in [4.69, 9.17) is 16.3 Å². The molecule has 2 aromatic rings. The lowest BCUT2D eigenvalue weighted by atomic mass is 10.1. The van der Waals surface area contributed by atoms with Crippen molar-refractivity contribution in [2.24, 2.45) is 0 Å². The van der Waals surface area contributed by atoms with Crippen LogP contribution >= 0.6 is 11.6 Å². The van der Waals surface area contributed by atoms with Gasteiger partial charge < -0.3 is 10.1 Å². The van der Waals surface area contributed by atoms with E-state index in [9.17, 15) is 0 Å². The van der Waals surface area contributed by atoms with E-state index in [0.29, 0.717) is 6.54 Å². The molecule has 0 saturated heterocycles. The van der Waals surface area contributed by atoms with Crippen molar-refractivity contribution in [3.63, 3.8) is 0 Å². The lowest BCUT2D eigenvalue weighted by molar-refractivity contribution is 0.352. The van der Waals surface area contributed by atoms with E-state index < -0.39 is 0 Å². The first-order chi connectivity index (χ1) is 9.78. The van der Waals surface area contributed by atoms with Crippen molar-refractivity contribution in [1.82, 2.24) is 15.1 Å². The molecule has 0 aliphatic carbocycles. The minimum Gasteiger partial charge on any atom is -0.493 e. The van der Waals surface area contributed by atoms with Gasteiger partial charge in [-0.05, 0) is 30.3 Å². The molecule has 0 bridgehead atoms. The Morgan fingerprint density at radius 3 is 3.20 bits per heavy atom. The highest BCUT2D eigenvalue weighted by Crippen LogP contribution is 2.33. The third-order valence-electron chi connectivity index (χ3n) is 3.51. The van der Waals surface area contributed by atoms with Crippen molar-refractivity contribution in [1.29, 1.82) is 0 Å². The number of hydrogen-bond acceptors (Lipinski definition) is 3. The molecule has 0 fully saturated rings. The summed E-state index contributed by atoms with van der Waals surface area (Å²) in [5.41, 5.74) is 3.47. The van der Waals surface area contributed by atoms with Crippen molar-refractivity contribution in [3.8, 4) is 5.75 Å². The van der Waals surface area contributed by atoms with Crippen LogP contribution in [0, 0.1) is 0 Å². The van der Waals surface area contributed by atoms with Crippen molar-refractivity contribution in [2.75, 3.05) is 13.2 Å². The number of nitrogens with zero attached hydrogens (tertiary/aromatic N) is 2. The van der Waals surface area contributed by atoms with Gasteiger partial charge in [0.2, 0.25) is 0 Å². The fourth-order valence-electron chi connectivity index (χ4n) is 2.53. The molecule has 106 valence electrons. The number of halogens is 1. The first kappa shape index (κ1) is 13.5. The Bertz CT molecular complexity index is 609. The molecule has 0 atom stereocenters. The molecule has 0 spiro atoms. The van der Waals surface area contributed by atoms with Crippen LogP contribution in [-0.4, -0.2) is 22.9 Å². The summed E-state index contributed by atoms with van der Waals surface area (Å²) in [5.74, 6) is 0.985. The van der Waals surface area contributed by atoms with Crippen molar-refractivity contribution in [2.45, 2.75) is 26.4 Å². The summed E-state index contributed by atoms with van der Waals surface area (Å²) < 4.78 is 7.74. The SMILES string of the molecule is CCNCc1ccnn1Cc1cc(Cl)cc2c1OCC2. The van der Waals surface area contributed by atoms with Crippen LogP contribution in [-0.2, 0) is 19.5 Å². The molecule has 5 heteroatoms. The van der Waals surface area contributed by atoms with Gasteiger partial charge in [0.05, 0.1) is 18.8 Å². The quantitative estimate of drug-likeness (QED) is 0.920. The van der Waals surface area contributed by atoms with Gasteiger partial charge in [-0.2, -0.15) is 5.10 Å². The second kappa shape index (κ2) is 5.85. The molecule has 1 aliphatic heterocycles. The van der Waals surface area contributed by atoms with Crippen LogP contribution in [0.15, 0.2) is 24.4 Å². The Kier molecular flexibility index (Phi) is 3.94. The zero-order chi connectivity index (χ0) is 13.9. The molecule has 3 rings (SSSR count). The van der Waals surface area contributed by atoms with E-state index in [-0.39, 0.29) is 0 Å². The van der Waals surface area contributed by atoms with Crippen molar-refractivity contribution in [3.05, 3.63) is 46.2 Å². The maximum Gasteiger partial charge on any atom is 0.127 e. The zero-order valence-corrected chi connectivity index (χ0v) is 12.3. The molecule has 0 radical (unpaired) electrons. The smallest absolute Gasteiger partial charge is 0.127 e. The third kappa shape index (κ3) is 2.67. The maximum atomic E-state index is 6.19. The van der Waals surface area contributed by atoms with E-state index >= 15 is 0 Å². The van der Waals surface area contributed by atoms with E-state index in [1.165, 1.54) is 11.3 Å². The van der Waals surface area contributed by atoms with Crippen LogP contribution in [0.25, 0.3) is 0 Å². The molecule has 0 amide bonds. The fraction of sp³-hybridized carbons (Fsp3) is 0.400. The number of ether oxygens (including phenoxy) is 1. The van der Waals surface area contributed by atoms with Gasteiger partial charge in [-0.15, -0.1) is 0 Å². The highest BCUT2D eigenvalue weighted by molar-refractivity contribution is 6.30. The first-order valence-corrected chi connectivity index (χ1v) is 7.31. The van der Waals surface area contributed by atoms with Gasteiger partial charge in [0, 0.05) is 29.7 Å². The maximum absolute atomic E-state index is 6.19. The number of aromatic nitrogens is 2. The normalized spacial score (nSPS) is 13.3. The predicted molar refractivity (Wildman–Crippen MR) is 79.4 cm³/mol. The molecule has 20 heavy (non-hydrogen) atoms. The Labute approximate surface area is 123 Å². The van der Waals surface area contributed by atoms with Crippen LogP contribution in [0.5, 0.6) is 5.75 Å². The fourth-order valence-corrected chi connectivity index (χ4v) is 2.79. The lowest BCUT2D eigenvalue weighted by Gasteiger charge is -2.12. The molecule has 4 nitrogen and oxygen atoms in total. The van der Waals surface area contributed by atoms with E-state index in [1.807, 2.05) is 29.1 Å². The Morgan fingerprint density at radius 2 is 2.35 bits per heavy atom. The largest absolute Gasteiger partial charge is 0.493 e. The van der Waals surface area contributed by atoms with Gasteiger partial charge in [0.25, 0.3) is 0 Å². The predicted octanol–water partition coefficient (Wildman–Crippen LogP) is 2.63. The molecular formula is C15H18ClN3O. The summed E-state index contributed by atoms with van der Waals surface area (Å²) in [6.45, 7) is 5.29. The minimum atomic E-state index is 0.691. The average Bonchev–Trinajstić information content (AvgIpc) is 3.05. The Hall–Kier alpha value is -1.52. The number of nitrogens with one attached hydrogen (secondary N) is 1. The second-order valence-corrected chi connectivity index (χ2v) is 5.35. The van der Waals surface area contributed by atoms with E-state index in [1.54, 1.807) is 0 Å². The topological polar surface area (TPSA) is 39.1 Å². The summed E-state index contributed by atoms with van der Waals surface area (Å²) in [5, 5.41) is 8.49. The Balaban J connectivity index is 1.87. The monoisotopic (exact) mass is 291 g/mol. The number of rotatable bonds is 5. The molecule has 0 unspecified atom stereocenters. The first-order valence-electron chi connectivity index (χ1n) is 6.93. The molecule has 1 aliphatic rings. The minimum absolute atomic E-state index is 0.691. The van der Waals surface area contributed by atoms with E-state index in [0.717, 1.165) is 42.5 Å². The van der Waals surface area contributed by atoms with Gasteiger partial charge in [0.15, 0.2) is 0 Å². The highest BCUT2D eigenvalue weighted by Gasteiger charge is 2.18. The summed E-state index contributed by atoms with van der Waals surface area (Å²) >= 11 is 6.19. The van der Waals surface area contributed by atoms with Gasteiger partial charge in [-0.3, -0.25) is 4.68 Å². The third-order valence-corrected chi connectivity index (χ3v) is 3.72. The van der Waals surface area contributed by atoms with Crippen LogP contribution in [0.3, 0.4) is 0 Å². The summed E-state index contributed by atoms with van der Waals surface area (Å²) in [4.78, 5) is 0. The van der Waals surface area contributed by atoms with Gasteiger partial charge >= 0.3 is 0 Å². The number of fused-ring (bicyclic) bond motifs is 1. The molecule has 1 N–H and O–H groups in total. The lowest BCUT2D eigenvalue weighted by Crippen LogP contribution is -2.16. The number of benzene rings is 1. The van der Waals surface area contributed by atoms with Crippen molar-refractivity contribution < 1.29 is 4.74 Å². The van der Waals surface area contributed by atoms with Crippen LogP contribution in [0.1, 0.15) is 23.7 Å². The average molecular weight is 292 g/mol. The highest BCUT2D eigenvalue weighted by atomic mass is 35.5. The molecule has 1 aromatic heterocycles. The summed E-state index contributed by atoms with van der Waals surface area (Å²) in [6, 6.07) is 6.01. The van der Waals surface area contributed by atoms with Crippen LogP contribution in [0.4, 0.5) is 0 Å². The van der Waals surface area contributed by atoms with Gasteiger partial charge in [-0.1, -0.05) is 18.5 Å². The standard InChI is InChI=1S/C15H18ClN3O/c1-2-17-9-14-3-5-18-19(14)10-12-8-13(16)7-11-4-6-20-15(11)12/h3,5,7-8,17H,2,4,6,9-10H2,1H3. The van der Waals surface area contributed by atoms with Crippen molar-refractivity contribution >= 4 is 11.6 Å².